The molecule has 1 aliphatic rings. The molecule has 0 radical (unpaired) electrons. The average Bonchev–Trinajstić information content (AvgIpc) is 3.01. The van der Waals surface area contributed by atoms with Crippen molar-refractivity contribution in [2.24, 2.45) is 0 Å². The molecule has 0 bridgehead atoms. The van der Waals surface area contributed by atoms with Crippen LogP contribution in [-0.4, -0.2) is 31.4 Å². The van der Waals surface area contributed by atoms with Gasteiger partial charge in [-0.15, -0.1) is 0 Å². The Kier molecular flexibility index (Phi) is 3.06. The Morgan fingerprint density at radius 3 is 3.17 bits per heavy atom. The number of likely N-dealkylation sites (tertiary alicyclic amines) is 1. The van der Waals surface area contributed by atoms with Gasteiger partial charge in [0, 0.05) is 24.8 Å². The van der Waals surface area contributed by atoms with Crippen molar-refractivity contribution in [1.29, 1.82) is 0 Å². The third kappa shape index (κ3) is 2.26. The Labute approximate surface area is 106 Å². The first kappa shape index (κ1) is 11.3. The number of hydrogen-bond donors (Lipinski definition) is 1. The number of nitrogens with one attached hydrogen (secondary N) is 1. The lowest BCUT2D eigenvalue weighted by Crippen LogP contribution is -2.24. The third-order valence-corrected chi connectivity index (χ3v) is 3.39. The second-order valence-electron chi connectivity index (χ2n) is 4.75. The lowest BCUT2D eigenvalue weighted by Gasteiger charge is -2.22. The maximum Gasteiger partial charge on any atom is 0.120 e. The lowest BCUT2D eigenvalue weighted by atomic mass is 10.1. The zero-order valence-corrected chi connectivity index (χ0v) is 10.5. The molecule has 1 aliphatic heterocycles. The molecule has 0 aliphatic carbocycles. The summed E-state index contributed by atoms with van der Waals surface area (Å²) in [6.07, 6.45) is 9.72. The van der Waals surface area contributed by atoms with Crippen LogP contribution in [0.2, 0.25) is 0 Å². The van der Waals surface area contributed by atoms with E-state index < -0.39 is 0 Å². The highest BCUT2D eigenvalue weighted by Gasteiger charge is 2.27. The Balaban J connectivity index is 1.79. The summed E-state index contributed by atoms with van der Waals surface area (Å²) in [5.74, 6) is 1.02. The van der Waals surface area contributed by atoms with Crippen LogP contribution in [-0.2, 0) is 6.54 Å². The summed E-state index contributed by atoms with van der Waals surface area (Å²) in [4.78, 5) is 18.7. The average molecular weight is 243 g/mol. The first-order chi connectivity index (χ1) is 8.83. The van der Waals surface area contributed by atoms with Crippen LogP contribution < -0.4 is 0 Å². The van der Waals surface area contributed by atoms with E-state index >= 15 is 0 Å². The van der Waals surface area contributed by atoms with Crippen LogP contribution in [0.5, 0.6) is 0 Å². The molecule has 0 aromatic carbocycles. The molecule has 1 fully saturated rings. The standard InChI is InChI=1S/C13H17N5/c1-10-7-14-8-11(17-10)12-3-2-6-18(12)9-13-15-4-5-16-13/h4-5,7-8,12H,2-3,6,9H2,1H3,(H,15,16)/t12-/m0/s1. The Morgan fingerprint density at radius 1 is 1.44 bits per heavy atom. The molecule has 1 saturated heterocycles. The molecule has 0 unspecified atom stereocenters. The molecule has 1 N–H and O–H groups in total. The van der Waals surface area contributed by atoms with Gasteiger partial charge in [-0.1, -0.05) is 0 Å². The molecule has 0 spiro atoms. The topological polar surface area (TPSA) is 57.7 Å². The molecule has 0 amide bonds. The van der Waals surface area contributed by atoms with Crippen LogP contribution in [0.4, 0.5) is 0 Å². The number of rotatable bonds is 3. The predicted molar refractivity (Wildman–Crippen MR) is 67.7 cm³/mol. The molecule has 2 aromatic heterocycles. The first-order valence-electron chi connectivity index (χ1n) is 6.34. The summed E-state index contributed by atoms with van der Waals surface area (Å²) < 4.78 is 0. The van der Waals surface area contributed by atoms with Crippen molar-refractivity contribution in [2.75, 3.05) is 6.54 Å². The quantitative estimate of drug-likeness (QED) is 0.893. The lowest BCUT2D eigenvalue weighted by molar-refractivity contribution is 0.238. The van der Waals surface area contributed by atoms with Gasteiger partial charge in [-0.05, 0) is 26.3 Å². The number of aromatic amines is 1. The van der Waals surface area contributed by atoms with Gasteiger partial charge in [-0.3, -0.25) is 14.9 Å². The Morgan fingerprint density at radius 2 is 2.39 bits per heavy atom. The minimum atomic E-state index is 0.377. The van der Waals surface area contributed by atoms with Gasteiger partial charge in [0.25, 0.3) is 0 Å². The number of aromatic nitrogens is 4. The van der Waals surface area contributed by atoms with E-state index in [-0.39, 0.29) is 0 Å². The van der Waals surface area contributed by atoms with Crippen LogP contribution in [0, 0.1) is 6.92 Å². The summed E-state index contributed by atoms with van der Waals surface area (Å²) in [6, 6.07) is 0.377. The van der Waals surface area contributed by atoms with E-state index in [1.807, 2.05) is 19.3 Å². The van der Waals surface area contributed by atoms with Crippen molar-refractivity contribution in [1.82, 2.24) is 24.8 Å². The van der Waals surface area contributed by atoms with E-state index in [1.165, 1.54) is 6.42 Å². The molecule has 3 heterocycles. The number of hydrogen-bond acceptors (Lipinski definition) is 4. The molecule has 3 rings (SSSR count). The van der Waals surface area contributed by atoms with Crippen molar-refractivity contribution < 1.29 is 0 Å². The van der Waals surface area contributed by atoms with Gasteiger partial charge in [-0.2, -0.15) is 0 Å². The number of imidazole rings is 1. The van der Waals surface area contributed by atoms with E-state index in [4.69, 9.17) is 0 Å². The molecule has 2 aromatic rings. The summed E-state index contributed by atoms with van der Waals surface area (Å²) >= 11 is 0. The van der Waals surface area contributed by atoms with Crippen molar-refractivity contribution in [3.05, 3.63) is 42.0 Å². The minimum Gasteiger partial charge on any atom is -0.348 e. The minimum absolute atomic E-state index is 0.377. The van der Waals surface area contributed by atoms with Gasteiger partial charge in [0.15, 0.2) is 0 Å². The smallest absolute Gasteiger partial charge is 0.120 e. The van der Waals surface area contributed by atoms with E-state index in [9.17, 15) is 0 Å². The molecule has 1 atom stereocenters. The largest absolute Gasteiger partial charge is 0.348 e. The maximum absolute atomic E-state index is 4.60. The van der Waals surface area contributed by atoms with Crippen LogP contribution in [0.15, 0.2) is 24.8 Å². The van der Waals surface area contributed by atoms with Crippen LogP contribution in [0.25, 0.3) is 0 Å². The number of H-pyrrole nitrogens is 1. The molecule has 18 heavy (non-hydrogen) atoms. The first-order valence-corrected chi connectivity index (χ1v) is 6.34. The van der Waals surface area contributed by atoms with E-state index in [0.717, 1.165) is 36.7 Å². The normalized spacial score (nSPS) is 20.4. The fourth-order valence-electron chi connectivity index (χ4n) is 2.57. The van der Waals surface area contributed by atoms with Gasteiger partial charge in [0.05, 0.1) is 24.0 Å². The Bertz CT molecular complexity index is 508. The van der Waals surface area contributed by atoms with E-state index in [2.05, 4.69) is 24.8 Å². The van der Waals surface area contributed by atoms with Gasteiger partial charge in [0.1, 0.15) is 5.82 Å². The monoisotopic (exact) mass is 243 g/mol. The molecule has 5 nitrogen and oxygen atoms in total. The summed E-state index contributed by atoms with van der Waals surface area (Å²) in [6.45, 7) is 3.94. The highest BCUT2D eigenvalue weighted by molar-refractivity contribution is 5.09. The summed E-state index contributed by atoms with van der Waals surface area (Å²) in [5.41, 5.74) is 2.07. The second-order valence-corrected chi connectivity index (χ2v) is 4.75. The van der Waals surface area contributed by atoms with Gasteiger partial charge in [0.2, 0.25) is 0 Å². The van der Waals surface area contributed by atoms with Crippen molar-refractivity contribution >= 4 is 0 Å². The van der Waals surface area contributed by atoms with E-state index in [1.54, 1.807) is 12.4 Å². The molecular formula is C13H17N5. The van der Waals surface area contributed by atoms with Crippen molar-refractivity contribution in [3.8, 4) is 0 Å². The van der Waals surface area contributed by atoms with Crippen LogP contribution in [0.1, 0.15) is 36.1 Å². The summed E-state index contributed by atoms with van der Waals surface area (Å²) in [7, 11) is 0. The van der Waals surface area contributed by atoms with Gasteiger partial charge in [-0.25, -0.2) is 4.98 Å². The highest BCUT2D eigenvalue weighted by Crippen LogP contribution is 2.31. The highest BCUT2D eigenvalue weighted by atomic mass is 15.2. The second kappa shape index (κ2) is 4.86. The SMILES string of the molecule is Cc1cncc([C@@H]2CCCN2Cc2ncc[nH]2)n1. The summed E-state index contributed by atoms with van der Waals surface area (Å²) in [5, 5.41) is 0. The maximum atomic E-state index is 4.60. The van der Waals surface area contributed by atoms with Gasteiger partial charge < -0.3 is 4.98 Å². The van der Waals surface area contributed by atoms with Crippen LogP contribution >= 0.6 is 0 Å². The van der Waals surface area contributed by atoms with Gasteiger partial charge >= 0.3 is 0 Å². The molecular weight excluding hydrogens is 226 g/mol. The van der Waals surface area contributed by atoms with Crippen molar-refractivity contribution in [2.45, 2.75) is 32.4 Å². The Hall–Kier alpha value is -1.75. The zero-order valence-electron chi connectivity index (χ0n) is 10.5. The molecule has 5 heteroatoms. The number of nitrogens with zero attached hydrogens (tertiary/aromatic N) is 4. The van der Waals surface area contributed by atoms with Crippen molar-refractivity contribution in [3.63, 3.8) is 0 Å². The molecule has 94 valence electrons. The zero-order chi connectivity index (χ0) is 12.4. The fraction of sp³-hybridized carbons (Fsp3) is 0.462. The fourth-order valence-corrected chi connectivity index (χ4v) is 2.57. The third-order valence-electron chi connectivity index (χ3n) is 3.39. The molecule has 0 saturated carbocycles. The number of aryl methyl sites for hydroxylation is 1. The predicted octanol–water partition coefficient (Wildman–Crippen LogP) is 1.85. The van der Waals surface area contributed by atoms with Crippen LogP contribution in [0.3, 0.4) is 0 Å². The van der Waals surface area contributed by atoms with E-state index in [0.29, 0.717) is 6.04 Å².